The van der Waals surface area contributed by atoms with Crippen LogP contribution < -0.4 is 64.8 Å². The van der Waals surface area contributed by atoms with Crippen LogP contribution in [-0.2, 0) is 30.4 Å². The van der Waals surface area contributed by atoms with E-state index < -0.39 is 50.7 Å². The van der Waals surface area contributed by atoms with Crippen molar-refractivity contribution in [1.29, 1.82) is 0 Å². The van der Waals surface area contributed by atoms with Gasteiger partial charge >= 0.3 is 59.1 Å². The van der Waals surface area contributed by atoms with Gasteiger partial charge in [0.2, 0.25) is 0 Å². The number of benzene rings is 2. The van der Waals surface area contributed by atoms with Crippen molar-refractivity contribution in [3.05, 3.63) is 24.3 Å². The minimum atomic E-state index is -5.00. The first-order valence-electron chi connectivity index (χ1n) is 5.51. The summed E-state index contributed by atoms with van der Waals surface area (Å²) in [5.41, 5.74) is 4.47. The maximum Gasteiger partial charge on any atom is 1.00 e. The van der Waals surface area contributed by atoms with Crippen LogP contribution in [0.15, 0.2) is 39.0 Å². The van der Waals surface area contributed by atoms with Gasteiger partial charge < -0.3 is 8.59 Å². The smallest absolute Gasteiger partial charge is 1.00 e. The third kappa shape index (κ3) is 5.37. The first-order valence-corrected chi connectivity index (χ1v) is 9.83. The molecule has 0 saturated heterocycles. The zero-order valence-electron chi connectivity index (χ0n) is 14.9. The van der Waals surface area contributed by atoms with E-state index in [0.717, 1.165) is 18.2 Å². The Bertz CT molecular complexity index is 1150. The molecule has 0 spiro atoms. The number of anilines is 1. The average Bonchev–Trinajstić information content (AvgIpc) is 2.33. The average molecular weight is 431 g/mol. The second-order valence-electron chi connectivity index (χ2n) is 4.43. The molecule has 0 heterocycles. The molecule has 0 atom stereocenters. The summed E-state index contributed by atoms with van der Waals surface area (Å²) < 4.78 is 95.0. The van der Waals surface area contributed by atoms with Gasteiger partial charge in [0, 0.05) is 5.39 Å². The number of hydrogen-bond donors (Lipinski definition) is 4. The molecule has 25 heavy (non-hydrogen) atoms. The van der Waals surface area contributed by atoms with Gasteiger partial charge in [0.15, 0.2) is 0 Å². The zero-order valence-corrected chi connectivity index (χ0v) is 19.4. The fourth-order valence-electron chi connectivity index (χ4n) is 1.99. The molecule has 0 aliphatic rings. The molecule has 2 aromatic rings. The minimum Gasteiger partial charge on any atom is -1.00 e. The summed E-state index contributed by atoms with van der Waals surface area (Å²) in [6.07, 6.45) is 0. The van der Waals surface area contributed by atoms with Crippen LogP contribution in [-0.4, -0.2) is 38.9 Å². The van der Waals surface area contributed by atoms with Gasteiger partial charge in [-0.1, -0.05) is 6.07 Å². The molecule has 0 aliphatic heterocycles. The molecule has 0 unspecified atom stereocenters. The Morgan fingerprint density at radius 3 is 1.72 bits per heavy atom. The first-order chi connectivity index (χ1) is 10.2. The normalized spacial score (nSPS) is 12.3. The Labute approximate surface area is 190 Å². The van der Waals surface area contributed by atoms with Crippen LogP contribution in [0, 0.1) is 0 Å². The van der Waals surface area contributed by atoms with E-state index in [1.807, 2.05) is 0 Å². The van der Waals surface area contributed by atoms with Crippen molar-refractivity contribution in [2.75, 3.05) is 5.73 Å². The first kappa shape index (κ1) is 25.2. The van der Waals surface area contributed by atoms with Crippen LogP contribution in [0.3, 0.4) is 0 Å². The summed E-state index contributed by atoms with van der Waals surface area (Å²) in [4.78, 5) is -2.70. The van der Waals surface area contributed by atoms with E-state index in [-0.39, 0.29) is 72.7 Å². The predicted octanol–water partition coefficient (Wildman–Crippen LogP) is -5.60. The van der Waals surface area contributed by atoms with Crippen LogP contribution in [0.5, 0.6) is 0 Å². The molecule has 0 aromatic heterocycles. The molecule has 5 N–H and O–H groups in total. The molecule has 0 radical (unpaired) electrons. The van der Waals surface area contributed by atoms with Crippen LogP contribution >= 0.6 is 0 Å². The van der Waals surface area contributed by atoms with Crippen LogP contribution in [0.2, 0.25) is 0 Å². The number of fused-ring (bicyclic) bond motifs is 1. The van der Waals surface area contributed by atoms with E-state index in [4.69, 9.17) is 14.8 Å². The number of nitrogens with two attached hydrogens (primary N) is 1. The van der Waals surface area contributed by atoms with Crippen LogP contribution in [0.1, 0.15) is 2.85 Å². The molecular formula is C10H11NNa2O9S3. The Morgan fingerprint density at radius 1 is 0.800 bits per heavy atom. The topological polar surface area (TPSA) is 189 Å². The summed E-state index contributed by atoms with van der Waals surface area (Å²) in [6, 6.07) is 3.21. The Hall–Kier alpha value is 0.230. The van der Waals surface area contributed by atoms with Gasteiger partial charge in [-0.2, -0.15) is 25.3 Å². The summed E-state index contributed by atoms with van der Waals surface area (Å²) >= 11 is 0. The van der Waals surface area contributed by atoms with Gasteiger partial charge in [-0.25, -0.2) is 0 Å². The molecular weight excluding hydrogens is 420 g/mol. The molecule has 2 rings (SSSR count). The van der Waals surface area contributed by atoms with Gasteiger partial charge in [-0.05, 0) is 23.6 Å². The SMILES string of the molecule is Nc1c(S(=O)(=O)O)cc2cc(S(=O)(=O)O)ccc2c1S(=O)(=O)O.[H-].[H-].[Na+].[Na+]. The van der Waals surface area contributed by atoms with Crippen molar-refractivity contribution in [2.45, 2.75) is 14.7 Å². The molecule has 0 aliphatic carbocycles. The van der Waals surface area contributed by atoms with Crippen molar-refractivity contribution in [3.63, 3.8) is 0 Å². The second-order valence-corrected chi connectivity index (χ2v) is 8.60. The molecule has 130 valence electrons. The third-order valence-electron chi connectivity index (χ3n) is 2.90. The van der Waals surface area contributed by atoms with E-state index in [2.05, 4.69) is 0 Å². The van der Waals surface area contributed by atoms with Crippen molar-refractivity contribution in [2.24, 2.45) is 0 Å². The van der Waals surface area contributed by atoms with Crippen molar-refractivity contribution >= 4 is 46.8 Å². The molecule has 0 fully saturated rings. The largest absolute Gasteiger partial charge is 1.00 e. The summed E-state index contributed by atoms with van der Waals surface area (Å²) in [5.74, 6) is 0. The Morgan fingerprint density at radius 2 is 1.32 bits per heavy atom. The van der Waals surface area contributed by atoms with Gasteiger partial charge in [0.25, 0.3) is 30.4 Å². The maximum atomic E-state index is 11.5. The van der Waals surface area contributed by atoms with Crippen molar-refractivity contribution < 1.29 is 101 Å². The zero-order chi connectivity index (χ0) is 17.8. The van der Waals surface area contributed by atoms with Gasteiger partial charge in [-0.3, -0.25) is 13.7 Å². The molecule has 2 aromatic carbocycles. The quantitative estimate of drug-likeness (QED) is 0.207. The van der Waals surface area contributed by atoms with Crippen LogP contribution in [0.4, 0.5) is 5.69 Å². The minimum absolute atomic E-state index is 0. The molecule has 0 saturated carbocycles. The predicted molar refractivity (Wildman–Crippen MR) is 80.0 cm³/mol. The fourth-order valence-corrected chi connectivity index (χ4v) is 4.08. The Kier molecular flexibility index (Phi) is 8.15. The second kappa shape index (κ2) is 8.08. The molecule has 0 amide bonds. The van der Waals surface area contributed by atoms with E-state index in [1.165, 1.54) is 0 Å². The van der Waals surface area contributed by atoms with Crippen LogP contribution in [0.25, 0.3) is 10.8 Å². The van der Waals surface area contributed by atoms with Gasteiger partial charge in [-0.15, -0.1) is 0 Å². The molecule has 15 heteroatoms. The van der Waals surface area contributed by atoms with Gasteiger partial charge in [0.1, 0.15) is 9.79 Å². The molecule has 0 bridgehead atoms. The number of nitrogen functional groups attached to an aromatic ring is 1. The van der Waals surface area contributed by atoms with E-state index in [0.29, 0.717) is 6.07 Å². The number of hydrogen-bond acceptors (Lipinski definition) is 7. The summed E-state index contributed by atoms with van der Waals surface area (Å²) in [7, 11) is -14.6. The van der Waals surface area contributed by atoms with Gasteiger partial charge in [0.05, 0.1) is 10.6 Å². The van der Waals surface area contributed by atoms with E-state index >= 15 is 0 Å². The summed E-state index contributed by atoms with van der Waals surface area (Å²) in [5, 5.41) is -0.612. The van der Waals surface area contributed by atoms with Crippen molar-refractivity contribution in [1.82, 2.24) is 0 Å². The number of rotatable bonds is 3. The third-order valence-corrected chi connectivity index (χ3v) is 5.60. The standard InChI is InChI=1S/C10H9NO9S3.2Na.2H/c11-9-8(22(15,16)17)4-5-3-6(21(12,13)14)1-2-7(5)10(9)23(18,19)20;;;;/h1-4H,11H2,(H,12,13,14)(H,15,16,17)(H,18,19,20);;;;/q;2*+1;2*-1. The van der Waals surface area contributed by atoms with E-state index in [9.17, 15) is 29.8 Å². The fraction of sp³-hybridized carbons (Fsp3) is 0. The van der Waals surface area contributed by atoms with Crippen molar-refractivity contribution in [3.8, 4) is 0 Å². The molecule has 10 nitrogen and oxygen atoms in total. The summed E-state index contributed by atoms with van der Waals surface area (Å²) in [6.45, 7) is 0. The maximum absolute atomic E-state index is 11.5. The van der Waals surface area contributed by atoms with E-state index in [1.54, 1.807) is 0 Å². The Balaban J connectivity index is -0.00000144. The monoisotopic (exact) mass is 431 g/mol.